The molecule has 30 heavy (non-hydrogen) atoms. The van der Waals surface area contributed by atoms with Crippen LogP contribution in [-0.4, -0.2) is 45.3 Å². The lowest BCUT2D eigenvalue weighted by molar-refractivity contribution is -0.136. The maximum atomic E-state index is 12.3. The summed E-state index contributed by atoms with van der Waals surface area (Å²) >= 11 is 1.29. The summed E-state index contributed by atoms with van der Waals surface area (Å²) in [4.78, 5) is 37.6. The number of ether oxygens (including phenoxy) is 3. The number of hydrogen-bond donors (Lipinski definition) is 2. The maximum absolute atomic E-state index is 12.3. The molecule has 1 aliphatic carbocycles. The van der Waals surface area contributed by atoms with E-state index in [2.05, 4.69) is 15.8 Å². The van der Waals surface area contributed by atoms with Crippen LogP contribution in [0.3, 0.4) is 0 Å². The number of methoxy groups -OCH3 is 3. The standard InChI is InChI=1S/C20H21N3O6S/c1-27-13-8-4-6-11(16(13)28-2)10-21-23-18(25)17(24)22-19-15(20(26)29-3)12-7-5-9-14(12)30-19/h4,6,8,10H,5,7,9H2,1-3H3,(H,22,24)(H,23,25). The Hall–Kier alpha value is -3.40. The highest BCUT2D eigenvalue weighted by atomic mass is 32.1. The number of thiophene rings is 1. The number of nitrogens with zero attached hydrogens (tertiary/aromatic N) is 1. The van der Waals surface area contributed by atoms with Crippen molar-refractivity contribution in [3.05, 3.63) is 39.8 Å². The molecule has 10 heteroatoms. The molecule has 0 unspecified atom stereocenters. The van der Waals surface area contributed by atoms with Gasteiger partial charge >= 0.3 is 17.8 Å². The van der Waals surface area contributed by atoms with Gasteiger partial charge in [-0.3, -0.25) is 9.59 Å². The highest BCUT2D eigenvalue weighted by Gasteiger charge is 2.29. The minimum Gasteiger partial charge on any atom is -0.493 e. The molecule has 0 fully saturated rings. The summed E-state index contributed by atoms with van der Waals surface area (Å²) in [6.07, 6.45) is 3.86. The molecule has 0 aliphatic heterocycles. The van der Waals surface area contributed by atoms with Crippen molar-refractivity contribution in [2.75, 3.05) is 26.6 Å². The van der Waals surface area contributed by atoms with Crippen LogP contribution in [0.4, 0.5) is 5.00 Å². The molecule has 0 bridgehead atoms. The Morgan fingerprint density at radius 2 is 1.90 bits per heavy atom. The second-order valence-electron chi connectivity index (χ2n) is 6.29. The molecule has 158 valence electrons. The van der Waals surface area contributed by atoms with Crippen LogP contribution in [0.15, 0.2) is 23.3 Å². The van der Waals surface area contributed by atoms with E-state index in [0.717, 1.165) is 29.7 Å². The van der Waals surface area contributed by atoms with E-state index in [0.29, 0.717) is 27.6 Å². The Kier molecular flexibility index (Phi) is 6.68. The summed E-state index contributed by atoms with van der Waals surface area (Å²) < 4.78 is 15.3. The lowest BCUT2D eigenvalue weighted by Crippen LogP contribution is -2.32. The van der Waals surface area contributed by atoms with Gasteiger partial charge in [0.25, 0.3) is 0 Å². The number of carbonyl (C=O) groups is 3. The van der Waals surface area contributed by atoms with Crippen molar-refractivity contribution in [2.45, 2.75) is 19.3 Å². The molecule has 0 spiro atoms. The number of para-hydroxylation sites is 1. The summed E-state index contributed by atoms with van der Waals surface area (Å²) in [6.45, 7) is 0. The molecule has 0 atom stereocenters. The number of esters is 1. The molecular weight excluding hydrogens is 410 g/mol. The third kappa shape index (κ3) is 4.28. The van der Waals surface area contributed by atoms with Crippen molar-refractivity contribution in [3.8, 4) is 11.5 Å². The maximum Gasteiger partial charge on any atom is 0.341 e. The fraction of sp³-hybridized carbons (Fsp3) is 0.300. The van der Waals surface area contributed by atoms with Crippen LogP contribution in [-0.2, 0) is 27.2 Å². The Balaban J connectivity index is 1.69. The van der Waals surface area contributed by atoms with Crippen molar-refractivity contribution in [2.24, 2.45) is 5.10 Å². The topological polar surface area (TPSA) is 115 Å². The van der Waals surface area contributed by atoms with Crippen LogP contribution in [0.1, 0.15) is 32.8 Å². The van der Waals surface area contributed by atoms with Crippen molar-refractivity contribution < 1.29 is 28.6 Å². The summed E-state index contributed by atoms with van der Waals surface area (Å²) in [7, 11) is 4.27. The summed E-state index contributed by atoms with van der Waals surface area (Å²) in [5.74, 6) is -1.49. The van der Waals surface area contributed by atoms with Gasteiger partial charge in [0.15, 0.2) is 11.5 Å². The quantitative estimate of drug-likeness (QED) is 0.313. The average molecular weight is 431 g/mol. The summed E-state index contributed by atoms with van der Waals surface area (Å²) in [5, 5.41) is 6.61. The number of aryl methyl sites for hydroxylation is 1. The van der Waals surface area contributed by atoms with Crippen molar-refractivity contribution in [1.82, 2.24) is 5.43 Å². The van der Waals surface area contributed by atoms with Crippen LogP contribution in [0.2, 0.25) is 0 Å². The van der Waals surface area contributed by atoms with Crippen LogP contribution in [0.25, 0.3) is 0 Å². The molecule has 3 rings (SSSR count). The van der Waals surface area contributed by atoms with E-state index >= 15 is 0 Å². The highest BCUT2D eigenvalue weighted by molar-refractivity contribution is 7.17. The van der Waals surface area contributed by atoms with Crippen LogP contribution in [0, 0.1) is 0 Å². The fourth-order valence-corrected chi connectivity index (χ4v) is 4.47. The predicted molar refractivity (Wildman–Crippen MR) is 112 cm³/mol. The van der Waals surface area contributed by atoms with Gasteiger partial charge < -0.3 is 19.5 Å². The zero-order valence-electron chi connectivity index (χ0n) is 16.7. The van der Waals surface area contributed by atoms with Gasteiger partial charge in [-0.2, -0.15) is 5.10 Å². The van der Waals surface area contributed by atoms with Gasteiger partial charge in [0, 0.05) is 10.4 Å². The van der Waals surface area contributed by atoms with Crippen LogP contribution < -0.4 is 20.2 Å². The predicted octanol–water partition coefficient (Wildman–Crippen LogP) is 2.13. The van der Waals surface area contributed by atoms with E-state index in [1.165, 1.54) is 38.9 Å². The summed E-state index contributed by atoms with van der Waals surface area (Å²) in [5.41, 5.74) is 3.92. The number of fused-ring (bicyclic) bond motifs is 1. The number of amides is 2. The van der Waals surface area contributed by atoms with E-state index < -0.39 is 17.8 Å². The second kappa shape index (κ2) is 9.40. The number of carbonyl (C=O) groups excluding carboxylic acids is 3. The van der Waals surface area contributed by atoms with Crippen molar-refractivity contribution >= 4 is 40.3 Å². The molecule has 1 aromatic heterocycles. The molecule has 2 amide bonds. The molecular formula is C20H21N3O6S. The third-order valence-electron chi connectivity index (χ3n) is 4.55. The Morgan fingerprint density at radius 3 is 2.60 bits per heavy atom. The minimum absolute atomic E-state index is 0.310. The van der Waals surface area contributed by atoms with Crippen LogP contribution in [0.5, 0.6) is 11.5 Å². The number of hydrogen-bond acceptors (Lipinski definition) is 8. The molecule has 0 saturated carbocycles. The molecule has 1 aromatic carbocycles. The summed E-state index contributed by atoms with van der Waals surface area (Å²) in [6, 6.07) is 5.17. The van der Waals surface area contributed by atoms with Crippen molar-refractivity contribution in [3.63, 3.8) is 0 Å². The van der Waals surface area contributed by atoms with Gasteiger partial charge in [-0.15, -0.1) is 11.3 Å². The lowest BCUT2D eigenvalue weighted by atomic mass is 10.1. The number of rotatable bonds is 6. The molecule has 1 heterocycles. The first-order valence-corrected chi connectivity index (χ1v) is 9.90. The zero-order valence-corrected chi connectivity index (χ0v) is 17.6. The minimum atomic E-state index is -0.975. The van der Waals surface area contributed by atoms with Gasteiger partial charge in [0.1, 0.15) is 5.00 Å². The smallest absolute Gasteiger partial charge is 0.341 e. The number of hydrazone groups is 1. The normalized spacial score (nSPS) is 12.4. The first-order chi connectivity index (χ1) is 14.5. The molecule has 2 aromatic rings. The molecule has 1 aliphatic rings. The van der Waals surface area contributed by atoms with Gasteiger partial charge in [0.05, 0.1) is 33.1 Å². The number of benzene rings is 1. The van der Waals surface area contributed by atoms with Crippen LogP contribution >= 0.6 is 11.3 Å². The van der Waals surface area contributed by atoms with Crippen molar-refractivity contribution in [1.29, 1.82) is 0 Å². The molecule has 0 radical (unpaired) electrons. The Morgan fingerprint density at radius 1 is 1.10 bits per heavy atom. The van der Waals surface area contributed by atoms with E-state index in [1.807, 2.05) is 0 Å². The monoisotopic (exact) mass is 431 g/mol. The molecule has 0 saturated heterocycles. The van der Waals surface area contributed by atoms with E-state index in [9.17, 15) is 14.4 Å². The molecule has 2 N–H and O–H groups in total. The zero-order chi connectivity index (χ0) is 21.7. The lowest BCUT2D eigenvalue weighted by Gasteiger charge is -2.09. The average Bonchev–Trinajstić information content (AvgIpc) is 3.33. The number of nitrogens with one attached hydrogen (secondary N) is 2. The fourth-order valence-electron chi connectivity index (χ4n) is 3.20. The van der Waals surface area contributed by atoms with E-state index in [4.69, 9.17) is 14.2 Å². The first-order valence-electron chi connectivity index (χ1n) is 9.08. The van der Waals surface area contributed by atoms with Gasteiger partial charge in [-0.25, -0.2) is 10.2 Å². The highest BCUT2D eigenvalue weighted by Crippen LogP contribution is 2.39. The first kappa shape index (κ1) is 21.3. The van der Waals surface area contributed by atoms with Gasteiger partial charge in [-0.05, 0) is 37.0 Å². The third-order valence-corrected chi connectivity index (χ3v) is 5.75. The van der Waals surface area contributed by atoms with E-state index in [-0.39, 0.29) is 0 Å². The van der Waals surface area contributed by atoms with Gasteiger partial charge in [-0.1, -0.05) is 6.07 Å². The Bertz CT molecular complexity index is 1010. The number of anilines is 1. The SMILES string of the molecule is COC(=O)c1c(NC(=O)C(=O)NN=Cc2cccc(OC)c2OC)sc2c1CCC2. The molecule has 9 nitrogen and oxygen atoms in total. The van der Waals surface area contributed by atoms with E-state index in [1.54, 1.807) is 18.2 Å². The second-order valence-corrected chi connectivity index (χ2v) is 7.39. The Labute approximate surface area is 177 Å². The largest absolute Gasteiger partial charge is 0.493 e. The van der Waals surface area contributed by atoms with Gasteiger partial charge in [0.2, 0.25) is 0 Å².